The first-order valence-corrected chi connectivity index (χ1v) is 5.66. The first kappa shape index (κ1) is 11.7. The van der Waals surface area contributed by atoms with Gasteiger partial charge in [-0.3, -0.25) is 14.9 Å². The maximum atomic E-state index is 12.0. The third-order valence-corrected chi connectivity index (χ3v) is 2.58. The van der Waals surface area contributed by atoms with Gasteiger partial charge in [-0.2, -0.15) is 5.10 Å². The number of amides is 1. The van der Waals surface area contributed by atoms with Gasteiger partial charge >= 0.3 is 0 Å². The number of nitrogens with zero attached hydrogens (tertiary/aromatic N) is 4. The molecule has 2 rings (SSSR count). The SMILES string of the molecule is CN(Cc1ncn[nH]1)C(=O)c1cncc(Br)c1. The van der Waals surface area contributed by atoms with E-state index in [4.69, 9.17) is 0 Å². The number of rotatable bonds is 3. The van der Waals surface area contributed by atoms with Gasteiger partial charge in [0.1, 0.15) is 12.2 Å². The van der Waals surface area contributed by atoms with Crippen molar-refractivity contribution >= 4 is 21.8 Å². The lowest BCUT2D eigenvalue weighted by molar-refractivity contribution is 0.0781. The minimum Gasteiger partial charge on any atom is -0.334 e. The third kappa shape index (κ3) is 2.88. The second kappa shape index (κ2) is 5.05. The van der Waals surface area contributed by atoms with Crippen molar-refractivity contribution in [3.05, 3.63) is 40.6 Å². The highest BCUT2D eigenvalue weighted by atomic mass is 79.9. The number of hydrogen-bond donors (Lipinski definition) is 1. The van der Waals surface area contributed by atoms with Gasteiger partial charge in [-0.25, -0.2) is 4.98 Å². The molecule has 0 saturated heterocycles. The number of halogens is 1. The summed E-state index contributed by atoms with van der Waals surface area (Å²) in [7, 11) is 1.70. The predicted octanol–water partition coefficient (Wildman–Crippen LogP) is 1.23. The Kier molecular flexibility index (Phi) is 3.48. The summed E-state index contributed by atoms with van der Waals surface area (Å²) in [6, 6.07) is 1.73. The molecule has 88 valence electrons. The van der Waals surface area contributed by atoms with Gasteiger partial charge in [0.15, 0.2) is 0 Å². The number of aromatic nitrogens is 4. The normalized spacial score (nSPS) is 10.2. The number of nitrogens with one attached hydrogen (secondary N) is 1. The molecule has 0 atom stereocenters. The standard InChI is InChI=1S/C10H10BrN5O/c1-16(5-9-13-6-14-15-9)10(17)7-2-8(11)4-12-3-7/h2-4,6H,5H2,1H3,(H,13,14,15). The zero-order chi connectivity index (χ0) is 12.3. The van der Waals surface area contributed by atoms with E-state index in [1.165, 1.54) is 12.5 Å². The van der Waals surface area contributed by atoms with Crippen molar-refractivity contribution in [2.24, 2.45) is 0 Å². The zero-order valence-electron chi connectivity index (χ0n) is 9.09. The quantitative estimate of drug-likeness (QED) is 0.924. The van der Waals surface area contributed by atoms with Crippen LogP contribution in [0.3, 0.4) is 0 Å². The molecule has 0 spiro atoms. The number of H-pyrrole nitrogens is 1. The van der Waals surface area contributed by atoms with Gasteiger partial charge in [-0.05, 0) is 22.0 Å². The highest BCUT2D eigenvalue weighted by Crippen LogP contribution is 2.11. The van der Waals surface area contributed by atoms with Crippen LogP contribution in [0.2, 0.25) is 0 Å². The average Bonchev–Trinajstić information content (AvgIpc) is 2.80. The molecular weight excluding hydrogens is 286 g/mol. The largest absolute Gasteiger partial charge is 0.334 e. The fourth-order valence-corrected chi connectivity index (χ4v) is 1.72. The summed E-state index contributed by atoms with van der Waals surface area (Å²) in [6.07, 6.45) is 4.57. The lowest BCUT2D eigenvalue weighted by Gasteiger charge is -2.15. The third-order valence-electron chi connectivity index (χ3n) is 2.15. The molecule has 7 heteroatoms. The maximum Gasteiger partial charge on any atom is 0.255 e. The first-order chi connectivity index (χ1) is 8.16. The second-order valence-corrected chi connectivity index (χ2v) is 4.40. The van der Waals surface area contributed by atoms with Crippen LogP contribution in [0.5, 0.6) is 0 Å². The fourth-order valence-electron chi connectivity index (χ4n) is 1.35. The van der Waals surface area contributed by atoms with Crippen LogP contribution < -0.4 is 0 Å². The van der Waals surface area contributed by atoms with Crippen molar-refractivity contribution in [2.75, 3.05) is 7.05 Å². The smallest absolute Gasteiger partial charge is 0.255 e. The molecule has 0 unspecified atom stereocenters. The number of aromatic amines is 1. The summed E-state index contributed by atoms with van der Waals surface area (Å²) < 4.78 is 0.774. The van der Waals surface area contributed by atoms with Gasteiger partial charge in [-0.1, -0.05) is 0 Å². The van der Waals surface area contributed by atoms with E-state index < -0.39 is 0 Å². The number of hydrogen-bond acceptors (Lipinski definition) is 4. The van der Waals surface area contributed by atoms with E-state index in [1.807, 2.05) is 0 Å². The Bertz CT molecular complexity index is 513. The average molecular weight is 296 g/mol. The minimum atomic E-state index is -0.116. The van der Waals surface area contributed by atoms with Crippen LogP contribution >= 0.6 is 15.9 Å². The van der Waals surface area contributed by atoms with Gasteiger partial charge in [0.05, 0.1) is 12.1 Å². The molecule has 2 aromatic heterocycles. The van der Waals surface area contributed by atoms with Crippen molar-refractivity contribution < 1.29 is 4.79 Å². The molecule has 1 N–H and O–H groups in total. The molecular formula is C10H10BrN5O. The zero-order valence-corrected chi connectivity index (χ0v) is 10.7. The van der Waals surface area contributed by atoms with Crippen molar-refractivity contribution in [3.8, 4) is 0 Å². The van der Waals surface area contributed by atoms with Gasteiger partial charge in [-0.15, -0.1) is 0 Å². The van der Waals surface area contributed by atoms with E-state index in [1.54, 1.807) is 24.2 Å². The lowest BCUT2D eigenvalue weighted by atomic mass is 10.2. The van der Waals surface area contributed by atoms with E-state index in [0.29, 0.717) is 17.9 Å². The molecule has 0 aliphatic rings. The molecule has 0 fully saturated rings. The Morgan fingerprint density at radius 3 is 3.00 bits per heavy atom. The predicted molar refractivity (Wildman–Crippen MR) is 64.1 cm³/mol. The summed E-state index contributed by atoms with van der Waals surface area (Å²) in [5.74, 6) is 0.527. The van der Waals surface area contributed by atoms with Crippen molar-refractivity contribution in [2.45, 2.75) is 6.54 Å². The molecule has 0 aromatic carbocycles. The van der Waals surface area contributed by atoms with Crippen LogP contribution in [0.4, 0.5) is 0 Å². The number of carbonyl (C=O) groups excluding carboxylic acids is 1. The fraction of sp³-hybridized carbons (Fsp3) is 0.200. The van der Waals surface area contributed by atoms with E-state index in [9.17, 15) is 4.79 Å². The summed E-state index contributed by atoms with van der Waals surface area (Å²) in [5, 5.41) is 6.43. The van der Waals surface area contributed by atoms with E-state index in [2.05, 4.69) is 36.1 Å². The Balaban J connectivity index is 2.09. The van der Waals surface area contributed by atoms with Crippen molar-refractivity contribution in [1.82, 2.24) is 25.1 Å². The molecule has 2 heterocycles. The van der Waals surface area contributed by atoms with E-state index >= 15 is 0 Å². The van der Waals surface area contributed by atoms with Crippen LogP contribution in [-0.2, 0) is 6.54 Å². The summed E-state index contributed by atoms with van der Waals surface area (Å²) in [6.45, 7) is 0.380. The van der Waals surface area contributed by atoms with Crippen LogP contribution in [0.25, 0.3) is 0 Å². The van der Waals surface area contributed by atoms with Crippen LogP contribution in [-0.4, -0.2) is 38.0 Å². The number of carbonyl (C=O) groups is 1. The molecule has 6 nitrogen and oxygen atoms in total. The molecule has 2 aromatic rings. The summed E-state index contributed by atoms with van der Waals surface area (Å²) in [5.41, 5.74) is 0.529. The molecule has 0 aliphatic carbocycles. The Morgan fingerprint density at radius 1 is 1.53 bits per heavy atom. The summed E-state index contributed by atoms with van der Waals surface area (Å²) in [4.78, 5) is 21.5. The van der Waals surface area contributed by atoms with Crippen molar-refractivity contribution in [1.29, 1.82) is 0 Å². The lowest BCUT2D eigenvalue weighted by Crippen LogP contribution is -2.26. The van der Waals surface area contributed by atoms with E-state index in [0.717, 1.165) is 4.47 Å². The molecule has 0 aliphatic heterocycles. The minimum absolute atomic E-state index is 0.116. The topological polar surface area (TPSA) is 74.8 Å². The Hall–Kier alpha value is -1.76. The second-order valence-electron chi connectivity index (χ2n) is 3.49. The highest BCUT2D eigenvalue weighted by molar-refractivity contribution is 9.10. The molecule has 0 saturated carbocycles. The van der Waals surface area contributed by atoms with E-state index in [-0.39, 0.29) is 5.91 Å². The molecule has 0 radical (unpaired) electrons. The van der Waals surface area contributed by atoms with Crippen LogP contribution in [0.15, 0.2) is 29.3 Å². The first-order valence-electron chi connectivity index (χ1n) is 4.87. The Labute approximate surface area is 106 Å². The molecule has 1 amide bonds. The highest BCUT2D eigenvalue weighted by Gasteiger charge is 2.13. The number of pyridine rings is 1. The monoisotopic (exact) mass is 295 g/mol. The van der Waals surface area contributed by atoms with Gasteiger partial charge < -0.3 is 4.90 Å². The molecule has 0 bridgehead atoms. The Morgan fingerprint density at radius 2 is 2.35 bits per heavy atom. The van der Waals surface area contributed by atoms with Gasteiger partial charge in [0, 0.05) is 23.9 Å². The maximum absolute atomic E-state index is 12.0. The summed E-state index contributed by atoms with van der Waals surface area (Å²) >= 11 is 3.28. The van der Waals surface area contributed by atoms with Crippen molar-refractivity contribution in [3.63, 3.8) is 0 Å². The van der Waals surface area contributed by atoms with Crippen LogP contribution in [0.1, 0.15) is 16.2 Å². The van der Waals surface area contributed by atoms with Gasteiger partial charge in [0.25, 0.3) is 5.91 Å². The molecule has 17 heavy (non-hydrogen) atoms. The van der Waals surface area contributed by atoms with Gasteiger partial charge in [0.2, 0.25) is 0 Å². The van der Waals surface area contributed by atoms with Crippen LogP contribution in [0, 0.1) is 0 Å².